The van der Waals surface area contributed by atoms with Crippen LogP contribution in [0.2, 0.25) is 0 Å². The van der Waals surface area contributed by atoms with Gasteiger partial charge >= 0.3 is 0 Å². The van der Waals surface area contributed by atoms with E-state index in [9.17, 15) is 9.18 Å². The molecule has 7 heteroatoms. The van der Waals surface area contributed by atoms with Crippen molar-refractivity contribution in [1.82, 2.24) is 9.97 Å². The van der Waals surface area contributed by atoms with Crippen LogP contribution in [0.1, 0.15) is 0 Å². The molecule has 0 saturated heterocycles. The van der Waals surface area contributed by atoms with Crippen LogP contribution in [0.25, 0.3) is 10.2 Å². The second-order valence-corrected chi connectivity index (χ2v) is 6.10. The Morgan fingerprint density at radius 1 is 1.24 bits per heavy atom. The van der Waals surface area contributed by atoms with Gasteiger partial charge in [-0.2, -0.15) is 0 Å². The molecule has 1 amide bonds. The van der Waals surface area contributed by atoms with E-state index in [0.29, 0.717) is 5.82 Å². The number of aromatic nitrogens is 2. The molecule has 3 aromatic rings. The Balaban J connectivity index is 1.64. The van der Waals surface area contributed by atoms with Gasteiger partial charge in [0.2, 0.25) is 5.91 Å². The summed E-state index contributed by atoms with van der Waals surface area (Å²) in [5, 5.41) is 5.52. The maximum atomic E-state index is 12.8. The Morgan fingerprint density at radius 2 is 2.05 bits per heavy atom. The topological polar surface area (TPSA) is 54.9 Å². The zero-order valence-corrected chi connectivity index (χ0v) is 12.4. The van der Waals surface area contributed by atoms with Crippen molar-refractivity contribution in [3.05, 3.63) is 47.9 Å². The molecule has 0 aliphatic rings. The van der Waals surface area contributed by atoms with E-state index >= 15 is 0 Å². The summed E-state index contributed by atoms with van der Waals surface area (Å²) in [6.07, 6.45) is 1.43. The molecule has 21 heavy (non-hydrogen) atoms. The normalized spacial score (nSPS) is 10.7. The third kappa shape index (κ3) is 3.37. The number of amides is 1. The molecular formula is C14H10FN3OS2. The SMILES string of the molecule is O=C(CSc1ccc(F)cc1)Nc1ncnc2sccc12. The van der Waals surface area contributed by atoms with E-state index in [1.165, 1.54) is 41.6 Å². The quantitative estimate of drug-likeness (QED) is 0.747. The number of rotatable bonds is 4. The van der Waals surface area contributed by atoms with Crippen molar-refractivity contribution in [3.63, 3.8) is 0 Å². The van der Waals surface area contributed by atoms with Crippen LogP contribution in [-0.2, 0) is 4.79 Å². The third-order valence-electron chi connectivity index (χ3n) is 2.70. The fraction of sp³-hybridized carbons (Fsp3) is 0.0714. The van der Waals surface area contributed by atoms with Crippen LogP contribution in [0.4, 0.5) is 10.2 Å². The number of nitrogens with one attached hydrogen (secondary N) is 1. The van der Waals surface area contributed by atoms with E-state index in [1.807, 2.05) is 11.4 Å². The lowest BCUT2D eigenvalue weighted by molar-refractivity contribution is -0.113. The Kier molecular flexibility index (Phi) is 4.12. The highest BCUT2D eigenvalue weighted by atomic mass is 32.2. The third-order valence-corrected chi connectivity index (χ3v) is 4.54. The van der Waals surface area contributed by atoms with Gasteiger partial charge in [-0.1, -0.05) is 0 Å². The zero-order chi connectivity index (χ0) is 14.7. The van der Waals surface area contributed by atoms with Gasteiger partial charge < -0.3 is 5.32 Å². The highest BCUT2D eigenvalue weighted by molar-refractivity contribution is 8.00. The number of thioether (sulfide) groups is 1. The monoisotopic (exact) mass is 319 g/mol. The van der Waals surface area contributed by atoms with Crippen molar-refractivity contribution in [1.29, 1.82) is 0 Å². The van der Waals surface area contributed by atoms with Crippen LogP contribution >= 0.6 is 23.1 Å². The molecule has 0 aliphatic carbocycles. The van der Waals surface area contributed by atoms with Gasteiger partial charge in [0.25, 0.3) is 0 Å². The minimum Gasteiger partial charge on any atom is -0.309 e. The van der Waals surface area contributed by atoms with E-state index in [-0.39, 0.29) is 17.5 Å². The van der Waals surface area contributed by atoms with E-state index in [4.69, 9.17) is 0 Å². The van der Waals surface area contributed by atoms with E-state index in [0.717, 1.165) is 15.1 Å². The summed E-state index contributed by atoms with van der Waals surface area (Å²) in [7, 11) is 0. The Hall–Kier alpha value is -1.99. The molecule has 0 aliphatic heterocycles. The highest BCUT2D eigenvalue weighted by Gasteiger charge is 2.09. The van der Waals surface area contributed by atoms with Gasteiger partial charge in [-0.15, -0.1) is 23.1 Å². The zero-order valence-electron chi connectivity index (χ0n) is 10.7. The van der Waals surface area contributed by atoms with Gasteiger partial charge in [-0.05, 0) is 35.7 Å². The van der Waals surface area contributed by atoms with Gasteiger partial charge in [0.15, 0.2) is 0 Å². The maximum absolute atomic E-state index is 12.8. The second kappa shape index (κ2) is 6.19. The molecule has 0 bridgehead atoms. The number of carbonyl (C=O) groups excluding carboxylic acids is 1. The number of halogens is 1. The summed E-state index contributed by atoms with van der Waals surface area (Å²) in [6.45, 7) is 0. The predicted molar refractivity (Wildman–Crippen MR) is 83.2 cm³/mol. The highest BCUT2D eigenvalue weighted by Crippen LogP contribution is 2.24. The second-order valence-electron chi connectivity index (χ2n) is 4.15. The summed E-state index contributed by atoms with van der Waals surface area (Å²) in [6, 6.07) is 7.92. The number of fused-ring (bicyclic) bond motifs is 1. The van der Waals surface area contributed by atoms with Crippen LogP contribution in [0.3, 0.4) is 0 Å². The Labute approximate surface area is 128 Å². The molecule has 0 radical (unpaired) electrons. The summed E-state index contributed by atoms with van der Waals surface area (Å²) in [4.78, 5) is 21.9. The molecule has 4 nitrogen and oxygen atoms in total. The first kappa shape index (κ1) is 14.0. The van der Waals surface area contributed by atoms with Crippen LogP contribution < -0.4 is 5.32 Å². The van der Waals surface area contributed by atoms with Gasteiger partial charge in [-0.3, -0.25) is 4.79 Å². The number of anilines is 1. The summed E-state index contributed by atoms with van der Waals surface area (Å²) in [5.74, 6) is 0.312. The molecule has 2 heterocycles. The van der Waals surface area contributed by atoms with Crippen molar-refractivity contribution in [3.8, 4) is 0 Å². The van der Waals surface area contributed by atoms with Crippen LogP contribution in [0, 0.1) is 5.82 Å². The summed E-state index contributed by atoms with van der Waals surface area (Å²) >= 11 is 2.84. The maximum Gasteiger partial charge on any atom is 0.235 e. The van der Waals surface area contributed by atoms with Gasteiger partial charge in [0.1, 0.15) is 22.8 Å². The smallest absolute Gasteiger partial charge is 0.235 e. The van der Waals surface area contributed by atoms with Crippen LogP contribution in [0.15, 0.2) is 46.9 Å². The Bertz CT molecular complexity index is 773. The molecule has 106 valence electrons. The lowest BCUT2D eigenvalue weighted by Crippen LogP contribution is -2.15. The molecule has 0 saturated carbocycles. The van der Waals surface area contributed by atoms with E-state index in [1.54, 1.807) is 12.1 Å². The molecule has 0 spiro atoms. The number of nitrogens with zero attached hydrogens (tertiary/aromatic N) is 2. The number of hydrogen-bond acceptors (Lipinski definition) is 5. The first-order valence-corrected chi connectivity index (χ1v) is 7.95. The predicted octanol–water partition coefficient (Wildman–Crippen LogP) is 3.56. The lowest BCUT2D eigenvalue weighted by atomic mass is 10.4. The minimum absolute atomic E-state index is 0.157. The average Bonchev–Trinajstić information content (AvgIpc) is 2.96. The first-order valence-electron chi connectivity index (χ1n) is 6.09. The molecule has 0 fully saturated rings. The standard InChI is InChI=1S/C14H10FN3OS2/c15-9-1-3-10(4-2-9)21-7-12(19)18-13-11-5-6-20-14(11)17-8-16-13/h1-6,8H,7H2,(H,16,17,18,19). The molecular weight excluding hydrogens is 309 g/mol. The largest absolute Gasteiger partial charge is 0.309 e. The van der Waals surface area contributed by atoms with E-state index < -0.39 is 0 Å². The van der Waals surface area contributed by atoms with Crippen molar-refractivity contribution >= 4 is 45.0 Å². The molecule has 2 aromatic heterocycles. The summed E-state index contributed by atoms with van der Waals surface area (Å²) in [5.41, 5.74) is 0. The number of hydrogen-bond donors (Lipinski definition) is 1. The fourth-order valence-electron chi connectivity index (χ4n) is 1.74. The molecule has 3 rings (SSSR count). The van der Waals surface area contributed by atoms with Gasteiger partial charge in [-0.25, -0.2) is 14.4 Å². The fourth-order valence-corrected chi connectivity index (χ4v) is 3.17. The molecule has 1 N–H and O–H groups in total. The van der Waals surface area contributed by atoms with Gasteiger partial charge in [0, 0.05) is 4.90 Å². The van der Waals surface area contributed by atoms with Crippen LogP contribution in [0.5, 0.6) is 0 Å². The number of carbonyl (C=O) groups is 1. The molecule has 0 atom stereocenters. The van der Waals surface area contributed by atoms with Crippen LogP contribution in [-0.4, -0.2) is 21.6 Å². The number of benzene rings is 1. The summed E-state index contributed by atoms with van der Waals surface area (Å²) < 4.78 is 12.8. The molecule has 1 aromatic carbocycles. The first-order chi connectivity index (χ1) is 10.2. The number of thiophene rings is 1. The molecule has 0 unspecified atom stereocenters. The average molecular weight is 319 g/mol. The minimum atomic E-state index is -0.287. The van der Waals surface area contributed by atoms with Crippen molar-refractivity contribution in [2.24, 2.45) is 0 Å². The van der Waals surface area contributed by atoms with Gasteiger partial charge in [0.05, 0.1) is 11.1 Å². The lowest BCUT2D eigenvalue weighted by Gasteiger charge is -2.05. The van der Waals surface area contributed by atoms with Crippen molar-refractivity contribution in [2.45, 2.75) is 4.90 Å². The van der Waals surface area contributed by atoms with Crippen molar-refractivity contribution < 1.29 is 9.18 Å². The van der Waals surface area contributed by atoms with Crippen molar-refractivity contribution in [2.75, 3.05) is 11.1 Å². The van der Waals surface area contributed by atoms with E-state index in [2.05, 4.69) is 15.3 Å². The Morgan fingerprint density at radius 3 is 2.86 bits per heavy atom.